The van der Waals surface area contributed by atoms with Crippen LogP contribution in [0, 0.1) is 5.92 Å². The molecule has 0 fully saturated rings. The number of amides is 1. The summed E-state index contributed by atoms with van der Waals surface area (Å²) in [6, 6.07) is 8.20. The molecule has 2 aliphatic rings. The first-order valence-corrected chi connectivity index (χ1v) is 6.31. The van der Waals surface area contributed by atoms with Gasteiger partial charge in [-0.15, -0.1) is 0 Å². The van der Waals surface area contributed by atoms with Crippen molar-refractivity contribution in [1.82, 2.24) is 5.43 Å². The number of allylic oxidation sites excluding steroid dienone is 2. The van der Waals surface area contributed by atoms with Gasteiger partial charge in [-0.05, 0) is 6.07 Å². The van der Waals surface area contributed by atoms with Gasteiger partial charge < -0.3 is 5.32 Å². The van der Waals surface area contributed by atoms with E-state index < -0.39 is 0 Å². The Morgan fingerprint density at radius 1 is 1.26 bits per heavy atom. The molecule has 3 rings (SSSR count). The number of hydrogen-bond acceptors (Lipinski definition) is 3. The quantitative estimate of drug-likeness (QED) is 0.753. The Hall–Kier alpha value is -2.36. The second-order valence-corrected chi connectivity index (χ2v) is 4.68. The summed E-state index contributed by atoms with van der Waals surface area (Å²) in [5.74, 6) is -0.0119. The molecule has 2 unspecified atom stereocenters. The van der Waals surface area contributed by atoms with Crippen molar-refractivity contribution in [3.05, 3.63) is 54.1 Å². The fourth-order valence-corrected chi connectivity index (χ4v) is 2.47. The van der Waals surface area contributed by atoms with Gasteiger partial charge in [-0.3, -0.25) is 4.79 Å². The molecule has 0 spiro atoms. The van der Waals surface area contributed by atoms with Crippen LogP contribution in [0.1, 0.15) is 12.5 Å². The van der Waals surface area contributed by atoms with E-state index >= 15 is 0 Å². The zero-order valence-electron chi connectivity index (χ0n) is 10.6. The van der Waals surface area contributed by atoms with Crippen LogP contribution in [0.15, 0.2) is 53.7 Å². The Balaban J connectivity index is 2.07. The maximum absolute atomic E-state index is 11.1. The smallest absolute Gasteiger partial charge is 0.236 e. The zero-order valence-corrected chi connectivity index (χ0v) is 10.6. The van der Waals surface area contributed by atoms with Gasteiger partial charge in [0, 0.05) is 24.1 Å². The summed E-state index contributed by atoms with van der Waals surface area (Å²) in [7, 11) is 0. The molecule has 1 aliphatic carbocycles. The van der Waals surface area contributed by atoms with Crippen molar-refractivity contribution in [1.29, 1.82) is 0 Å². The Kier molecular flexibility index (Phi) is 2.91. The van der Waals surface area contributed by atoms with E-state index in [1.165, 1.54) is 6.92 Å². The van der Waals surface area contributed by atoms with E-state index in [2.05, 4.69) is 28.0 Å². The summed E-state index contributed by atoms with van der Waals surface area (Å²) in [6.07, 6.45) is 8.26. The number of nitrogens with zero attached hydrogens (tertiary/aromatic N) is 1. The average molecular weight is 253 g/mol. The summed E-state index contributed by atoms with van der Waals surface area (Å²) in [5, 5.41) is 7.79. The fourth-order valence-electron chi connectivity index (χ4n) is 2.47. The minimum Gasteiger partial charge on any atom is -0.377 e. The van der Waals surface area contributed by atoms with Crippen LogP contribution in [-0.2, 0) is 4.79 Å². The molecule has 2 atom stereocenters. The van der Waals surface area contributed by atoms with E-state index in [9.17, 15) is 4.79 Å². The summed E-state index contributed by atoms with van der Waals surface area (Å²) in [4.78, 5) is 11.1. The number of anilines is 1. The van der Waals surface area contributed by atoms with Gasteiger partial charge >= 0.3 is 0 Å². The number of rotatable bonds is 1. The van der Waals surface area contributed by atoms with E-state index in [0.717, 1.165) is 17.0 Å². The number of carbonyl (C=O) groups excluding carboxylic acids is 1. The number of nitrogens with one attached hydrogen (secondary N) is 2. The van der Waals surface area contributed by atoms with Crippen molar-refractivity contribution in [2.24, 2.45) is 11.0 Å². The molecular weight excluding hydrogens is 238 g/mol. The first kappa shape index (κ1) is 11.7. The van der Waals surface area contributed by atoms with Crippen LogP contribution in [0.5, 0.6) is 0 Å². The molecule has 19 heavy (non-hydrogen) atoms. The molecule has 1 aromatic carbocycles. The van der Waals surface area contributed by atoms with Gasteiger partial charge in [0.25, 0.3) is 0 Å². The second-order valence-electron chi connectivity index (χ2n) is 4.68. The van der Waals surface area contributed by atoms with Gasteiger partial charge in [-0.2, -0.15) is 5.10 Å². The lowest BCUT2D eigenvalue weighted by atomic mass is 9.83. The van der Waals surface area contributed by atoms with E-state index in [1.54, 1.807) is 0 Å². The minimum absolute atomic E-state index is 0.145. The highest BCUT2D eigenvalue weighted by Gasteiger charge is 2.31. The largest absolute Gasteiger partial charge is 0.377 e. The summed E-state index contributed by atoms with van der Waals surface area (Å²) < 4.78 is 0. The Morgan fingerprint density at radius 3 is 2.89 bits per heavy atom. The third-order valence-corrected chi connectivity index (χ3v) is 3.31. The van der Waals surface area contributed by atoms with Gasteiger partial charge in [0.2, 0.25) is 5.91 Å². The number of fused-ring (bicyclic) bond motifs is 2. The van der Waals surface area contributed by atoms with Crippen LogP contribution in [0.25, 0.3) is 0 Å². The van der Waals surface area contributed by atoms with Gasteiger partial charge in [-0.1, -0.05) is 42.5 Å². The van der Waals surface area contributed by atoms with Gasteiger partial charge in [0.15, 0.2) is 0 Å². The zero-order chi connectivity index (χ0) is 13.2. The summed E-state index contributed by atoms with van der Waals surface area (Å²) in [6.45, 7) is 1.46. The molecular formula is C15H15N3O. The Labute approximate surface area is 111 Å². The number of hydrazone groups is 1. The van der Waals surface area contributed by atoms with E-state index in [-0.39, 0.29) is 17.9 Å². The molecule has 2 N–H and O–H groups in total. The Bertz CT molecular complexity index is 601. The molecule has 96 valence electrons. The van der Waals surface area contributed by atoms with E-state index in [0.29, 0.717) is 0 Å². The van der Waals surface area contributed by atoms with Gasteiger partial charge in [0.05, 0.1) is 11.8 Å². The molecule has 1 heterocycles. The van der Waals surface area contributed by atoms with Crippen molar-refractivity contribution in [2.45, 2.75) is 13.0 Å². The molecule has 1 amide bonds. The van der Waals surface area contributed by atoms with Crippen LogP contribution in [0.4, 0.5) is 5.69 Å². The minimum atomic E-state index is -0.157. The average Bonchev–Trinajstić information content (AvgIpc) is 2.43. The fraction of sp³-hybridized carbons (Fsp3) is 0.200. The predicted octanol–water partition coefficient (Wildman–Crippen LogP) is 2.06. The SMILES string of the molecule is CC(=O)N/N=C1/c2ccccc2NC2C=CC=CC12. The lowest BCUT2D eigenvalue weighted by Crippen LogP contribution is -2.39. The molecule has 0 saturated heterocycles. The van der Waals surface area contributed by atoms with Crippen LogP contribution in [0.3, 0.4) is 0 Å². The highest BCUT2D eigenvalue weighted by Crippen LogP contribution is 2.31. The monoisotopic (exact) mass is 253 g/mol. The van der Waals surface area contributed by atoms with Crippen molar-refractivity contribution in [3.8, 4) is 0 Å². The highest BCUT2D eigenvalue weighted by atomic mass is 16.2. The van der Waals surface area contributed by atoms with Crippen LogP contribution < -0.4 is 10.7 Å². The second kappa shape index (κ2) is 4.72. The first-order chi connectivity index (χ1) is 9.25. The van der Waals surface area contributed by atoms with Crippen molar-refractivity contribution < 1.29 is 4.79 Å². The molecule has 0 aromatic heterocycles. The number of para-hydroxylation sites is 1. The maximum Gasteiger partial charge on any atom is 0.236 e. The van der Waals surface area contributed by atoms with Crippen molar-refractivity contribution in [2.75, 3.05) is 5.32 Å². The molecule has 1 aliphatic heterocycles. The normalized spacial score (nSPS) is 25.4. The van der Waals surface area contributed by atoms with Gasteiger partial charge in [0.1, 0.15) is 0 Å². The van der Waals surface area contributed by atoms with E-state index in [1.807, 2.05) is 36.4 Å². The van der Waals surface area contributed by atoms with Crippen LogP contribution in [0.2, 0.25) is 0 Å². The standard InChI is InChI=1S/C15H15N3O/c1-10(19)17-18-15-11-6-2-4-8-13(11)16-14-9-5-3-7-12(14)15/h2-9,11,13,16H,1H3,(H,17,19)/b18-15+. The third-order valence-electron chi connectivity index (χ3n) is 3.31. The number of hydrogen-bond donors (Lipinski definition) is 2. The van der Waals surface area contributed by atoms with Crippen LogP contribution in [-0.4, -0.2) is 17.7 Å². The topological polar surface area (TPSA) is 53.5 Å². The highest BCUT2D eigenvalue weighted by molar-refractivity contribution is 6.10. The maximum atomic E-state index is 11.1. The van der Waals surface area contributed by atoms with Gasteiger partial charge in [-0.25, -0.2) is 5.43 Å². The molecule has 0 bridgehead atoms. The van der Waals surface area contributed by atoms with Crippen LogP contribution >= 0.6 is 0 Å². The van der Waals surface area contributed by atoms with Crippen molar-refractivity contribution >= 4 is 17.3 Å². The molecule has 0 radical (unpaired) electrons. The number of benzene rings is 1. The predicted molar refractivity (Wildman–Crippen MR) is 76.0 cm³/mol. The first-order valence-electron chi connectivity index (χ1n) is 6.31. The molecule has 0 saturated carbocycles. The van der Waals surface area contributed by atoms with Crippen molar-refractivity contribution in [3.63, 3.8) is 0 Å². The van der Waals surface area contributed by atoms with E-state index in [4.69, 9.17) is 0 Å². The lowest BCUT2D eigenvalue weighted by Gasteiger charge is -2.33. The lowest BCUT2D eigenvalue weighted by molar-refractivity contribution is -0.118. The molecule has 1 aromatic rings. The summed E-state index contributed by atoms with van der Waals surface area (Å²) in [5.41, 5.74) is 5.54. The summed E-state index contributed by atoms with van der Waals surface area (Å²) >= 11 is 0. The molecule has 4 nitrogen and oxygen atoms in total. The third kappa shape index (κ3) is 2.17. The Morgan fingerprint density at radius 2 is 2.05 bits per heavy atom. The number of carbonyl (C=O) groups is 1. The molecule has 4 heteroatoms.